The van der Waals surface area contributed by atoms with E-state index in [9.17, 15) is 0 Å². The molecule has 0 aromatic heterocycles. The van der Waals surface area contributed by atoms with Crippen molar-refractivity contribution in [3.05, 3.63) is 0 Å². The van der Waals surface area contributed by atoms with Crippen LogP contribution in [0, 0.1) is 0 Å². The van der Waals surface area contributed by atoms with Crippen LogP contribution in [0.1, 0.15) is 0 Å². The van der Waals surface area contributed by atoms with Gasteiger partial charge >= 0.3 is 26.4 Å². The van der Waals surface area contributed by atoms with Crippen LogP contribution in [0.15, 0.2) is 0 Å². The lowest BCUT2D eigenvalue weighted by Gasteiger charge is -2.19. The molecule has 0 radical (unpaired) electrons. The van der Waals surface area contributed by atoms with Gasteiger partial charge < -0.3 is 39.8 Å². The van der Waals surface area contributed by atoms with E-state index in [1.54, 1.807) is 35.5 Å². The molecular weight excluding hydrogens is 372 g/mol. The second-order valence-electron chi connectivity index (χ2n) is 4.60. The van der Waals surface area contributed by atoms with Crippen molar-refractivity contribution in [3.8, 4) is 0 Å². The van der Waals surface area contributed by atoms with Gasteiger partial charge in [0.1, 0.15) is 0 Å². The van der Waals surface area contributed by atoms with Crippen molar-refractivity contribution < 1.29 is 39.8 Å². The first-order valence-electron chi connectivity index (χ1n) is 7.01. The van der Waals surface area contributed by atoms with Gasteiger partial charge in [0.2, 0.25) is 0 Å². The first kappa shape index (κ1) is 29.1. The molecule has 0 atom stereocenters. The van der Waals surface area contributed by atoms with Crippen LogP contribution in [0.2, 0.25) is 19.6 Å². The molecule has 12 heteroatoms. The fourth-order valence-corrected chi connectivity index (χ4v) is 2.50. The van der Waals surface area contributed by atoms with E-state index in [-0.39, 0.29) is 0 Å². The summed E-state index contributed by atoms with van der Waals surface area (Å²) in [6, 6.07) is 0. The summed E-state index contributed by atoms with van der Waals surface area (Å²) in [6.07, 6.45) is 0. The van der Waals surface area contributed by atoms with E-state index in [2.05, 4.69) is 0 Å². The number of rotatable bonds is 9. The van der Waals surface area contributed by atoms with Crippen LogP contribution in [0.3, 0.4) is 0 Å². The molecule has 0 spiro atoms. The van der Waals surface area contributed by atoms with Crippen molar-refractivity contribution in [3.63, 3.8) is 0 Å². The van der Waals surface area contributed by atoms with Crippen molar-refractivity contribution in [2.75, 3.05) is 64.0 Å². The second kappa shape index (κ2) is 15.5. The van der Waals surface area contributed by atoms with Crippen LogP contribution in [0.25, 0.3) is 0 Å². The largest absolute Gasteiger partial charge is 0.678 e. The van der Waals surface area contributed by atoms with E-state index in [0.29, 0.717) is 0 Å². The first-order valence-corrected chi connectivity index (χ1v) is 13.7. The Balaban J connectivity index is -0.000000278. The minimum Gasteiger partial charge on any atom is -0.398 e. The molecule has 0 N–H and O–H groups in total. The fourth-order valence-electron chi connectivity index (χ4n) is 0.833. The number of hydrogen-bond donors (Lipinski definition) is 0. The van der Waals surface area contributed by atoms with Crippen LogP contribution in [0.4, 0.5) is 0 Å². The predicted molar refractivity (Wildman–Crippen MR) is 97.9 cm³/mol. The summed E-state index contributed by atoms with van der Waals surface area (Å²) < 4.78 is 44.2. The highest BCUT2D eigenvalue weighted by Crippen LogP contribution is 2.04. The number of hydrogen-bond acceptors (Lipinski definition) is 9. The van der Waals surface area contributed by atoms with Gasteiger partial charge in [-0.3, -0.25) is 0 Å². The molecule has 0 aliphatic carbocycles. The second-order valence-corrected chi connectivity index (χ2v) is 13.8. The topological polar surface area (TPSA) is 83.1 Å². The highest BCUT2D eigenvalue weighted by Gasteiger charge is 2.40. The van der Waals surface area contributed by atoms with Crippen LogP contribution in [0.5, 0.6) is 0 Å². The molecule has 0 saturated carbocycles. The predicted octanol–water partition coefficient (Wildman–Crippen LogP) is 1.48. The molecule has 24 heavy (non-hydrogen) atoms. The Kier molecular flexibility index (Phi) is 18.8. The molecule has 0 heterocycles. The minimum absolute atomic E-state index is 1.49. The molecule has 0 fully saturated rings. The van der Waals surface area contributed by atoms with Crippen molar-refractivity contribution in [1.82, 2.24) is 0 Å². The summed E-state index contributed by atoms with van der Waals surface area (Å²) in [5, 5.41) is 0. The molecule has 0 unspecified atom stereocenters. The highest BCUT2D eigenvalue weighted by molar-refractivity contribution is 6.64. The summed E-state index contributed by atoms with van der Waals surface area (Å²) in [6.45, 7) is 5.81. The Hall–Kier alpha value is 0.291. The summed E-state index contributed by atoms with van der Waals surface area (Å²) >= 11 is 0. The average molecular weight is 409 g/mol. The third kappa shape index (κ3) is 13.6. The van der Waals surface area contributed by atoms with Crippen molar-refractivity contribution >= 4 is 26.4 Å². The Morgan fingerprint density at radius 1 is 0.375 bits per heavy atom. The molecule has 0 aliphatic heterocycles. The zero-order valence-corrected chi connectivity index (χ0v) is 20.2. The lowest BCUT2D eigenvalue weighted by atomic mass is 11.8. The Labute approximate surface area is 150 Å². The zero-order valence-electron chi connectivity index (χ0n) is 17.2. The van der Waals surface area contributed by atoms with E-state index in [4.69, 9.17) is 39.8 Å². The molecule has 0 amide bonds. The average Bonchev–Trinajstić information content (AvgIpc) is 2.64. The maximum Gasteiger partial charge on any atom is 0.678 e. The Morgan fingerprint density at radius 3 is 0.625 bits per heavy atom. The molecule has 9 nitrogen and oxygen atoms in total. The van der Waals surface area contributed by atoms with Crippen molar-refractivity contribution in [2.24, 2.45) is 0 Å². The molecule has 0 rings (SSSR count). The van der Waals surface area contributed by atoms with Crippen molar-refractivity contribution in [1.29, 1.82) is 0 Å². The van der Waals surface area contributed by atoms with Crippen LogP contribution in [-0.4, -0.2) is 90.4 Å². The van der Waals surface area contributed by atoms with Gasteiger partial charge in [-0.15, -0.1) is 0 Å². The minimum atomic E-state index is -2.69. The van der Waals surface area contributed by atoms with Gasteiger partial charge in [0.25, 0.3) is 0 Å². The maximum absolute atomic E-state index is 5.00. The molecule has 150 valence electrons. The van der Waals surface area contributed by atoms with Crippen LogP contribution < -0.4 is 0 Å². The first-order chi connectivity index (χ1) is 11.0. The Morgan fingerprint density at radius 2 is 0.625 bits per heavy atom. The van der Waals surface area contributed by atoms with Crippen molar-refractivity contribution in [2.45, 2.75) is 19.6 Å². The standard InChI is InChI=1S/C4H12O4Si.C4H12O3Si.C4H12O2Si/c1-5-9(6-2,7-3)8-4;1-5-8(4,6-2)7-3;1-5-7(3,4)6-2/h1-4H3;1-4H3;1-4H3. The third-order valence-corrected chi connectivity index (χ3v) is 9.29. The van der Waals surface area contributed by atoms with Gasteiger partial charge in [-0.25, -0.2) is 0 Å². The van der Waals surface area contributed by atoms with E-state index in [1.807, 2.05) is 19.6 Å². The molecular formula is C12H36O9Si3. The normalized spacial score (nSPS) is 12.0. The van der Waals surface area contributed by atoms with Crippen LogP contribution >= 0.6 is 0 Å². The van der Waals surface area contributed by atoms with Gasteiger partial charge in [0, 0.05) is 70.5 Å². The lowest BCUT2D eigenvalue weighted by molar-refractivity contribution is 0.0226. The van der Waals surface area contributed by atoms with Gasteiger partial charge in [-0.05, 0) is 13.1 Å². The van der Waals surface area contributed by atoms with Crippen LogP contribution in [-0.2, 0) is 39.8 Å². The third-order valence-electron chi connectivity index (χ3n) is 3.10. The molecule has 0 saturated heterocycles. The van der Waals surface area contributed by atoms with Gasteiger partial charge in [-0.2, -0.15) is 0 Å². The van der Waals surface area contributed by atoms with E-state index >= 15 is 0 Å². The summed E-state index contributed by atoms with van der Waals surface area (Å²) in [7, 11) is 7.54. The monoisotopic (exact) mass is 408 g/mol. The fraction of sp³-hybridized carbons (Fsp3) is 1.00. The SMILES string of the molecule is CO[Si](C)(C)OC.CO[Si](C)(OC)OC.CO[Si](OC)(OC)OC. The molecule has 0 aromatic rings. The Bertz CT molecular complexity index is 243. The summed E-state index contributed by atoms with van der Waals surface area (Å²) in [4.78, 5) is 0. The lowest BCUT2D eigenvalue weighted by Crippen LogP contribution is -2.45. The molecule has 0 bridgehead atoms. The van der Waals surface area contributed by atoms with E-state index in [1.165, 1.54) is 28.4 Å². The zero-order chi connectivity index (χ0) is 19.9. The molecule has 0 aliphatic rings. The van der Waals surface area contributed by atoms with Gasteiger partial charge in [0.05, 0.1) is 0 Å². The smallest absolute Gasteiger partial charge is 0.398 e. The van der Waals surface area contributed by atoms with Gasteiger partial charge in [0.15, 0.2) is 0 Å². The summed E-state index contributed by atoms with van der Waals surface area (Å²) in [5.41, 5.74) is 0. The molecule has 0 aromatic carbocycles. The van der Waals surface area contributed by atoms with Gasteiger partial charge in [-0.1, -0.05) is 0 Å². The van der Waals surface area contributed by atoms with E-state index in [0.717, 1.165) is 0 Å². The maximum atomic E-state index is 5.00. The highest BCUT2D eigenvalue weighted by atomic mass is 28.4. The quantitative estimate of drug-likeness (QED) is 0.527. The van der Waals surface area contributed by atoms with E-state index < -0.39 is 26.4 Å². The summed E-state index contributed by atoms with van der Waals surface area (Å²) in [5.74, 6) is 0.